The van der Waals surface area contributed by atoms with Gasteiger partial charge in [-0.3, -0.25) is 4.99 Å². The van der Waals surface area contributed by atoms with Gasteiger partial charge in [0.15, 0.2) is 5.96 Å². The van der Waals surface area contributed by atoms with E-state index in [0.29, 0.717) is 6.10 Å². The highest BCUT2D eigenvalue weighted by Gasteiger charge is 2.24. The Kier molecular flexibility index (Phi) is 17.0. The Morgan fingerprint density at radius 1 is 1.21 bits per heavy atom. The van der Waals surface area contributed by atoms with Crippen LogP contribution >= 0.6 is 35.7 Å². The molecule has 0 aromatic rings. The molecule has 4 nitrogen and oxygen atoms in total. The molecular formula is C18H38IN3OS. The number of guanidine groups is 1. The monoisotopic (exact) mass is 471 g/mol. The molecule has 1 rings (SSSR count). The summed E-state index contributed by atoms with van der Waals surface area (Å²) in [5.41, 5.74) is 0. The highest BCUT2D eigenvalue weighted by atomic mass is 127. The molecule has 0 spiro atoms. The second-order valence-corrected chi connectivity index (χ2v) is 7.20. The number of hydrogen-bond donors (Lipinski definition) is 2. The Hall–Kier alpha value is 0.310. The highest BCUT2D eigenvalue weighted by Crippen LogP contribution is 2.30. The minimum Gasteiger partial charge on any atom is -0.378 e. The normalized spacial score (nSPS) is 16.7. The third kappa shape index (κ3) is 11.0. The number of ether oxygens (including phenoxy) is 1. The van der Waals surface area contributed by atoms with Gasteiger partial charge in [-0.2, -0.15) is 11.8 Å². The van der Waals surface area contributed by atoms with E-state index < -0.39 is 0 Å². The van der Waals surface area contributed by atoms with E-state index in [0.717, 1.165) is 44.5 Å². The molecule has 6 heteroatoms. The zero-order valence-electron chi connectivity index (χ0n) is 15.8. The first-order valence-electron chi connectivity index (χ1n) is 9.44. The number of hydrogen-bond acceptors (Lipinski definition) is 3. The van der Waals surface area contributed by atoms with Crippen LogP contribution in [0.5, 0.6) is 0 Å². The predicted octanol–water partition coefficient (Wildman–Crippen LogP) is 4.29. The Balaban J connectivity index is 0.00000529. The average molecular weight is 471 g/mol. The molecule has 0 amide bonds. The third-order valence-corrected chi connectivity index (χ3v) is 5.10. The summed E-state index contributed by atoms with van der Waals surface area (Å²) in [5, 5.41) is 6.82. The van der Waals surface area contributed by atoms with Gasteiger partial charge in [-0.25, -0.2) is 0 Å². The topological polar surface area (TPSA) is 45.7 Å². The predicted molar refractivity (Wildman–Crippen MR) is 119 cm³/mol. The minimum absolute atomic E-state index is 0. The summed E-state index contributed by atoms with van der Waals surface area (Å²) < 4.78 is 5.99. The second kappa shape index (κ2) is 16.8. The molecule has 0 heterocycles. The molecule has 144 valence electrons. The summed E-state index contributed by atoms with van der Waals surface area (Å²) in [7, 11) is 0. The van der Waals surface area contributed by atoms with Crippen LogP contribution in [0, 0.1) is 5.92 Å². The van der Waals surface area contributed by atoms with Crippen LogP contribution in [0.4, 0.5) is 0 Å². The highest BCUT2D eigenvalue weighted by molar-refractivity contribution is 14.0. The number of thioether (sulfide) groups is 1. The largest absolute Gasteiger partial charge is 0.378 e. The van der Waals surface area contributed by atoms with Crippen molar-refractivity contribution in [3.63, 3.8) is 0 Å². The van der Waals surface area contributed by atoms with Gasteiger partial charge in [0.2, 0.25) is 0 Å². The van der Waals surface area contributed by atoms with Gasteiger partial charge in [-0.1, -0.05) is 12.8 Å². The van der Waals surface area contributed by atoms with E-state index in [2.05, 4.69) is 35.7 Å². The minimum atomic E-state index is 0. The van der Waals surface area contributed by atoms with Crippen molar-refractivity contribution < 1.29 is 4.74 Å². The van der Waals surface area contributed by atoms with E-state index in [9.17, 15) is 0 Å². The van der Waals surface area contributed by atoms with Crippen molar-refractivity contribution in [2.45, 2.75) is 64.9 Å². The summed E-state index contributed by atoms with van der Waals surface area (Å²) in [6.45, 7) is 7.81. The van der Waals surface area contributed by atoms with Gasteiger partial charge in [0.05, 0.1) is 6.10 Å². The summed E-state index contributed by atoms with van der Waals surface area (Å²) in [5.74, 6) is 2.96. The van der Waals surface area contributed by atoms with E-state index in [-0.39, 0.29) is 24.0 Å². The standard InChI is InChI=1S/C18H37N3OS.HI/c1-4-19-18(20-13-8-9-15-23-3)21-14-12-17(22-5-2)16-10-6-7-11-16;/h16-17H,4-15H2,1-3H3,(H2,19,20,21);1H. The molecule has 0 aromatic carbocycles. The van der Waals surface area contributed by atoms with Crippen LogP contribution in [0.1, 0.15) is 58.8 Å². The lowest BCUT2D eigenvalue weighted by Crippen LogP contribution is -2.39. The van der Waals surface area contributed by atoms with Crippen LogP contribution in [-0.2, 0) is 4.74 Å². The maximum Gasteiger partial charge on any atom is 0.191 e. The molecular weight excluding hydrogens is 433 g/mol. The molecule has 1 aliphatic rings. The van der Waals surface area contributed by atoms with Gasteiger partial charge in [0.1, 0.15) is 0 Å². The van der Waals surface area contributed by atoms with E-state index >= 15 is 0 Å². The van der Waals surface area contributed by atoms with Crippen molar-refractivity contribution in [3.05, 3.63) is 0 Å². The Labute approximate surface area is 170 Å². The molecule has 0 saturated heterocycles. The van der Waals surface area contributed by atoms with Crippen molar-refractivity contribution in [1.82, 2.24) is 10.6 Å². The summed E-state index contributed by atoms with van der Waals surface area (Å²) in [6, 6.07) is 0. The fourth-order valence-electron chi connectivity index (χ4n) is 3.22. The third-order valence-electron chi connectivity index (χ3n) is 4.40. The van der Waals surface area contributed by atoms with Gasteiger partial charge in [-0.05, 0) is 63.9 Å². The number of halogens is 1. The fraction of sp³-hybridized carbons (Fsp3) is 0.944. The maximum atomic E-state index is 5.99. The number of nitrogens with one attached hydrogen (secondary N) is 2. The number of aliphatic imine (C=N–C) groups is 1. The van der Waals surface area contributed by atoms with Gasteiger partial charge in [-0.15, -0.1) is 24.0 Å². The summed E-state index contributed by atoms with van der Waals surface area (Å²) >= 11 is 1.91. The SMILES string of the molecule is CCNC(=NCCCCSC)NCCC(OCC)C1CCCC1.I. The van der Waals surface area contributed by atoms with Crippen LogP contribution in [0.3, 0.4) is 0 Å². The van der Waals surface area contributed by atoms with E-state index in [1.165, 1.54) is 44.3 Å². The van der Waals surface area contributed by atoms with Crippen LogP contribution in [0.15, 0.2) is 4.99 Å². The van der Waals surface area contributed by atoms with Crippen LogP contribution in [0.2, 0.25) is 0 Å². The van der Waals surface area contributed by atoms with Crippen molar-refractivity contribution in [2.24, 2.45) is 10.9 Å². The first-order chi connectivity index (χ1) is 11.3. The zero-order chi connectivity index (χ0) is 16.8. The lowest BCUT2D eigenvalue weighted by Gasteiger charge is -2.24. The molecule has 2 N–H and O–H groups in total. The fourth-order valence-corrected chi connectivity index (χ4v) is 3.71. The molecule has 24 heavy (non-hydrogen) atoms. The van der Waals surface area contributed by atoms with E-state index in [1.807, 2.05) is 11.8 Å². The Bertz CT molecular complexity index is 313. The molecule has 0 aromatic heterocycles. The molecule has 1 fully saturated rings. The lowest BCUT2D eigenvalue weighted by molar-refractivity contribution is 0.0169. The number of nitrogens with zero attached hydrogens (tertiary/aromatic N) is 1. The Morgan fingerprint density at radius 3 is 2.58 bits per heavy atom. The summed E-state index contributed by atoms with van der Waals surface area (Å²) in [6.07, 6.45) is 11.5. The van der Waals surface area contributed by atoms with E-state index in [1.54, 1.807) is 0 Å². The van der Waals surface area contributed by atoms with Crippen molar-refractivity contribution >= 4 is 41.7 Å². The molecule has 0 radical (unpaired) electrons. The average Bonchev–Trinajstić information content (AvgIpc) is 3.08. The van der Waals surface area contributed by atoms with Crippen molar-refractivity contribution in [2.75, 3.05) is 38.2 Å². The molecule has 0 aliphatic heterocycles. The van der Waals surface area contributed by atoms with Gasteiger partial charge >= 0.3 is 0 Å². The lowest BCUT2D eigenvalue weighted by atomic mass is 9.98. The van der Waals surface area contributed by atoms with Crippen LogP contribution < -0.4 is 10.6 Å². The van der Waals surface area contributed by atoms with Gasteiger partial charge < -0.3 is 15.4 Å². The van der Waals surface area contributed by atoms with Crippen LogP contribution in [0.25, 0.3) is 0 Å². The molecule has 1 unspecified atom stereocenters. The Morgan fingerprint density at radius 2 is 1.96 bits per heavy atom. The van der Waals surface area contributed by atoms with Gasteiger partial charge in [0.25, 0.3) is 0 Å². The number of unbranched alkanes of at least 4 members (excludes halogenated alkanes) is 1. The van der Waals surface area contributed by atoms with Crippen molar-refractivity contribution in [3.8, 4) is 0 Å². The molecule has 0 bridgehead atoms. The van der Waals surface area contributed by atoms with Crippen LogP contribution in [-0.4, -0.2) is 50.3 Å². The summed E-state index contributed by atoms with van der Waals surface area (Å²) in [4.78, 5) is 4.67. The zero-order valence-corrected chi connectivity index (χ0v) is 19.0. The maximum absolute atomic E-state index is 5.99. The quantitative estimate of drug-likeness (QED) is 0.193. The van der Waals surface area contributed by atoms with Crippen molar-refractivity contribution in [1.29, 1.82) is 0 Å². The molecule has 1 atom stereocenters. The number of rotatable bonds is 12. The van der Waals surface area contributed by atoms with Gasteiger partial charge in [0, 0.05) is 26.2 Å². The van der Waals surface area contributed by atoms with E-state index in [4.69, 9.17) is 4.74 Å². The molecule has 1 saturated carbocycles. The molecule has 1 aliphatic carbocycles. The first-order valence-corrected chi connectivity index (χ1v) is 10.8. The first kappa shape index (κ1) is 24.3. The smallest absolute Gasteiger partial charge is 0.191 e. The second-order valence-electron chi connectivity index (χ2n) is 6.21.